The number of amides is 1. The Labute approximate surface area is 146 Å². The number of hydrogen-bond acceptors (Lipinski definition) is 3. The van der Waals surface area contributed by atoms with Gasteiger partial charge < -0.3 is 9.88 Å². The van der Waals surface area contributed by atoms with Crippen LogP contribution in [0.1, 0.15) is 49.3 Å². The van der Waals surface area contributed by atoms with Crippen molar-refractivity contribution in [1.29, 1.82) is 0 Å². The molecule has 2 aromatic rings. The van der Waals surface area contributed by atoms with Crippen LogP contribution in [0.4, 0.5) is 4.39 Å². The molecule has 4 rings (SSSR count). The van der Waals surface area contributed by atoms with Gasteiger partial charge in [-0.1, -0.05) is 24.6 Å². The van der Waals surface area contributed by atoms with Crippen LogP contribution < -0.4 is 5.32 Å². The van der Waals surface area contributed by atoms with Crippen LogP contribution in [0.5, 0.6) is 0 Å². The van der Waals surface area contributed by atoms with E-state index in [2.05, 4.69) is 20.1 Å². The molecule has 0 radical (unpaired) electrons. The largest absolute Gasteiger partial charge is 0.355 e. The average Bonchev–Trinajstić information content (AvgIpc) is 3.38. The molecule has 1 N–H and O–H groups in total. The summed E-state index contributed by atoms with van der Waals surface area (Å²) in [6.45, 7) is 1.47. The first kappa shape index (κ1) is 16.2. The van der Waals surface area contributed by atoms with Crippen LogP contribution in [0.15, 0.2) is 24.3 Å². The molecule has 1 aromatic heterocycles. The summed E-state index contributed by atoms with van der Waals surface area (Å²) in [5, 5.41) is 11.6. The normalized spacial score (nSPS) is 18.3. The molecule has 0 spiro atoms. The Hall–Kier alpha value is -2.24. The van der Waals surface area contributed by atoms with Crippen molar-refractivity contribution >= 4 is 5.91 Å². The third-order valence-electron chi connectivity index (χ3n) is 5.39. The highest BCUT2D eigenvalue weighted by atomic mass is 19.1. The van der Waals surface area contributed by atoms with Gasteiger partial charge in [0.25, 0.3) is 0 Å². The molecule has 1 fully saturated rings. The molecule has 0 bridgehead atoms. The molecular formula is C19H23FN4O. The van der Waals surface area contributed by atoms with E-state index in [1.54, 1.807) is 18.2 Å². The minimum Gasteiger partial charge on any atom is -0.355 e. The van der Waals surface area contributed by atoms with E-state index < -0.39 is 5.41 Å². The van der Waals surface area contributed by atoms with Gasteiger partial charge in [-0.2, -0.15) is 0 Å². The fraction of sp³-hybridized carbons (Fsp3) is 0.526. The van der Waals surface area contributed by atoms with Crippen LogP contribution in [0.3, 0.4) is 0 Å². The Morgan fingerprint density at radius 2 is 2.04 bits per heavy atom. The summed E-state index contributed by atoms with van der Waals surface area (Å²) in [6, 6.07) is 6.59. The maximum absolute atomic E-state index is 14.1. The fourth-order valence-electron chi connectivity index (χ4n) is 3.78. The number of rotatable bonds is 5. The molecule has 0 atom stereocenters. The van der Waals surface area contributed by atoms with E-state index in [4.69, 9.17) is 0 Å². The standard InChI is InChI=1S/C19H23FN4O/c20-15-7-4-3-6-14(15)19(10-11-19)18(25)21-12-9-17-23-22-16-8-2-1-5-13-24(16)17/h3-4,6-7H,1-2,5,8-13H2,(H,21,25). The van der Waals surface area contributed by atoms with Gasteiger partial charge in [0.15, 0.2) is 0 Å². The van der Waals surface area contributed by atoms with Crippen molar-refractivity contribution in [1.82, 2.24) is 20.1 Å². The summed E-state index contributed by atoms with van der Waals surface area (Å²) < 4.78 is 16.3. The highest BCUT2D eigenvalue weighted by Crippen LogP contribution is 2.49. The zero-order valence-corrected chi connectivity index (χ0v) is 14.3. The van der Waals surface area contributed by atoms with E-state index in [-0.39, 0.29) is 11.7 Å². The Kier molecular flexibility index (Phi) is 4.27. The molecule has 5 nitrogen and oxygen atoms in total. The van der Waals surface area contributed by atoms with Crippen molar-refractivity contribution in [2.45, 2.75) is 56.9 Å². The number of halogens is 1. The number of carbonyl (C=O) groups excluding carboxylic acids is 1. The molecule has 0 saturated heterocycles. The predicted octanol–water partition coefficient (Wildman–Crippen LogP) is 2.53. The summed E-state index contributed by atoms with van der Waals surface area (Å²) in [5.74, 6) is 1.63. The summed E-state index contributed by atoms with van der Waals surface area (Å²) >= 11 is 0. The van der Waals surface area contributed by atoms with Crippen LogP contribution >= 0.6 is 0 Å². The van der Waals surface area contributed by atoms with Gasteiger partial charge in [0, 0.05) is 31.5 Å². The van der Waals surface area contributed by atoms with Gasteiger partial charge in [0.05, 0.1) is 5.41 Å². The van der Waals surface area contributed by atoms with Gasteiger partial charge in [0.1, 0.15) is 17.5 Å². The lowest BCUT2D eigenvalue weighted by Crippen LogP contribution is -2.36. The molecule has 1 saturated carbocycles. The van der Waals surface area contributed by atoms with Crippen molar-refractivity contribution < 1.29 is 9.18 Å². The third-order valence-corrected chi connectivity index (χ3v) is 5.39. The van der Waals surface area contributed by atoms with Crippen LogP contribution in [0.25, 0.3) is 0 Å². The fourth-order valence-corrected chi connectivity index (χ4v) is 3.78. The molecule has 2 aliphatic rings. The number of fused-ring (bicyclic) bond motifs is 1. The number of carbonyl (C=O) groups is 1. The predicted molar refractivity (Wildman–Crippen MR) is 91.6 cm³/mol. The molecule has 2 heterocycles. The molecule has 1 amide bonds. The lowest BCUT2D eigenvalue weighted by atomic mass is 9.94. The average molecular weight is 342 g/mol. The first-order valence-corrected chi connectivity index (χ1v) is 9.15. The molecule has 25 heavy (non-hydrogen) atoms. The topological polar surface area (TPSA) is 59.8 Å². The molecule has 1 aliphatic carbocycles. The van der Waals surface area contributed by atoms with E-state index in [1.165, 1.54) is 18.9 Å². The van der Waals surface area contributed by atoms with Crippen LogP contribution in [0.2, 0.25) is 0 Å². The molecule has 1 aromatic carbocycles. The summed E-state index contributed by atoms with van der Waals surface area (Å²) in [6.07, 6.45) is 6.60. The second kappa shape index (κ2) is 6.58. The van der Waals surface area contributed by atoms with E-state index >= 15 is 0 Å². The van der Waals surface area contributed by atoms with E-state index in [9.17, 15) is 9.18 Å². The Morgan fingerprint density at radius 1 is 1.20 bits per heavy atom. The van der Waals surface area contributed by atoms with Crippen LogP contribution in [-0.2, 0) is 29.6 Å². The molecule has 0 unspecified atom stereocenters. The number of benzene rings is 1. The molecule has 132 valence electrons. The van der Waals surface area contributed by atoms with Crippen LogP contribution in [0, 0.1) is 5.82 Å². The van der Waals surface area contributed by atoms with Crippen molar-refractivity contribution in [3.8, 4) is 0 Å². The Bertz CT molecular complexity index is 781. The van der Waals surface area contributed by atoms with Gasteiger partial charge >= 0.3 is 0 Å². The number of nitrogens with zero attached hydrogens (tertiary/aromatic N) is 3. The maximum atomic E-state index is 14.1. The summed E-state index contributed by atoms with van der Waals surface area (Å²) in [4.78, 5) is 12.6. The maximum Gasteiger partial charge on any atom is 0.230 e. The second-order valence-corrected chi connectivity index (χ2v) is 7.06. The number of aryl methyl sites for hydroxylation is 1. The van der Waals surface area contributed by atoms with Crippen molar-refractivity contribution in [3.05, 3.63) is 47.3 Å². The molecule has 1 aliphatic heterocycles. The van der Waals surface area contributed by atoms with Gasteiger partial charge in [0.2, 0.25) is 5.91 Å². The first-order chi connectivity index (χ1) is 12.2. The minimum atomic E-state index is -0.674. The lowest BCUT2D eigenvalue weighted by Gasteiger charge is -2.16. The van der Waals surface area contributed by atoms with Crippen LogP contribution in [-0.4, -0.2) is 27.2 Å². The van der Waals surface area contributed by atoms with E-state index in [1.807, 2.05) is 0 Å². The van der Waals surface area contributed by atoms with Gasteiger partial charge in [-0.25, -0.2) is 4.39 Å². The number of nitrogens with one attached hydrogen (secondary N) is 1. The van der Waals surface area contributed by atoms with Crippen molar-refractivity contribution in [2.24, 2.45) is 0 Å². The Balaban J connectivity index is 1.39. The highest BCUT2D eigenvalue weighted by molar-refractivity contribution is 5.91. The highest BCUT2D eigenvalue weighted by Gasteiger charge is 2.52. The smallest absolute Gasteiger partial charge is 0.230 e. The summed E-state index contributed by atoms with van der Waals surface area (Å²) in [7, 11) is 0. The summed E-state index contributed by atoms with van der Waals surface area (Å²) in [5.41, 5.74) is -0.156. The van der Waals surface area contributed by atoms with Gasteiger partial charge in [-0.3, -0.25) is 4.79 Å². The van der Waals surface area contributed by atoms with Gasteiger partial charge in [-0.05, 0) is 31.7 Å². The lowest BCUT2D eigenvalue weighted by molar-refractivity contribution is -0.123. The SMILES string of the molecule is O=C(NCCc1nnc2n1CCCCC2)C1(c2ccccc2F)CC1. The monoisotopic (exact) mass is 342 g/mol. The zero-order valence-electron chi connectivity index (χ0n) is 14.3. The minimum absolute atomic E-state index is 0.0757. The molecule has 6 heteroatoms. The number of hydrogen-bond donors (Lipinski definition) is 1. The van der Waals surface area contributed by atoms with Crippen molar-refractivity contribution in [3.63, 3.8) is 0 Å². The molecular weight excluding hydrogens is 319 g/mol. The third kappa shape index (κ3) is 3.05. The first-order valence-electron chi connectivity index (χ1n) is 9.15. The number of aromatic nitrogens is 3. The van der Waals surface area contributed by atoms with Crippen molar-refractivity contribution in [2.75, 3.05) is 6.54 Å². The quantitative estimate of drug-likeness (QED) is 0.908. The van der Waals surface area contributed by atoms with Gasteiger partial charge in [-0.15, -0.1) is 10.2 Å². The zero-order chi connectivity index (χ0) is 17.3. The van der Waals surface area contributed by atoms with E-state index in [0.29, 0.717) is 31.4 Å². The Morgan fingerprint density at radius 3 is 2.84 bits per heavy atom. The van der Waals surface area contributed by atoms with E-state index in [0.717, 1.165) is 31.0 Å². The second-order valence-electron chi connectivity index (χ2n) is 7.06.